The third-order valence-corrected chi connectivity index (χ3v) is 4.44. The van der Waals surface area contributed by atoms with Crippen LogP contribution < -0.4 is 4.90 Å². The van der Waals surface area contributed by atoms with Crippen LogP contribution in [0.1, 0.15) is 21.5 Å². The van der Waals surface area contributed by atoms with Crippen molar-refractivity contribution in [3.8, 4) is 0 Å². The summed E-state index contributed by atoms with van der Waals surface area (Å²) in [5, 5.41) is 11.1. The zero-order valence-corrected chi connectivity index (χ0v) is 14.1. The Kier molecular flexibility index (Phi) is 4.44. The first-order valence-electron chi connectivity index (χ1n) is 7.89. The van der Waals surface area contributed by atoms with Crippen LogP contribution in [0.5, 0.6) is 0 Å². The number of aldehydes is 1. The van der Waals surface area contributed by atoms with Gasteiger partial charge in [0.15, 0.2) is 0 Å². The molecular weight excluding hydrogens is 334 g/mol. The monoisotopic (exact) mass is 351 g/mol. The number of methoxy groups -OCH3 is 1. The van der Waals surface area contributed by atoms with Crippen LogP contribution in [0.3, 0.4) is 0 Å². The van der Waals surface area contributed by atoms with Crippen LogP contribution in [0.25, 0.3) is 0 Å². The minimum atomic E-state index is -2.28. The van der Waals surface area contributed by atoms with Crippen molar-refractivity contribution in [3.63, 3.8) is 0 Å². The van der Waals surface area contributed by atoms with E-state index in [0.717, 1.165) is 12.7 Å². The number of anilines is 1. The lowest BCUT2D eigenvalue weighted by molar-refractivity contribution is -0.144. The summed E-state index contributed by atoms with van der Waals surface area (Å²) >= 11 is 0. The molecule has 0 aromatic heterocycles. The van der Waals surface area contributed by atoms with Crippen LogP contribution in [-0.4, -0.2) is 30.4 Å². The average molecular weight is 351 g/mol. The van der Waals surface area contributed by atoms with Gasteiger partial charge in [0, 0.05) is 11.1 Å². The van der Waals surface area contributed by atoms with E-state index < -0.39 is 23.1 Å². The highest BCUT2D eigenvalue weighted by molar-refractivity contribution is 6.14. The molecule has 1 atom stereocenters. The smallest absolute Gasteiger partial charge is 0.336 e. The Hall–Kier alpha value is -3.25. The molecule has 26 heavy (non-hydrogen) atoms. The van der Waals surface area contributed by atoms with Crippen LogP contribution in [0.15, 0.2) is 60.7 Å². The molecule has 1 heterocycles. The quantitative estimate of drug-likeness (QED) is 0.506. The second-order valence-corrected chi connectivity index (χ2v) is 5.95. The fourth-order valence-electron chi connectivity index (χ4n) is 3.06. The maximum Gasteiger partial charge on any atom is 0.336 e. The van der Waals surface area contributed by atoms with E-state index in [1.165, 1.54) is 11.0 Å². The minimum absolute atomic E-state index is 0.137. The molecule has 0 aliphatic carbocycles. The molecule has 6 nitrogen and oxygen atoms in total. The summed E-state index contributed by atoms with van der Waals surface area (Å²) in [7, 11) is 1.14. The number of fused-ring (bicyclic) bond motifs is 1. The topological polar surface area (TPSA) is 83.9 Å². The van der Waals surface area contributed by atoms with Crippen molar-refractivity contribution < 1.29 is 24.2 Å². The van der Waals surface area contributed by atoms with E-state index >= 15 is 0 Å². The molecule has 0 saturated heterocycles. The van der Waals surface area contributed by atoms with Gasteiger partial charge in [-0.1, -0.05) is 36.9 Å². The summed E-state index contributed by atoms with van der Waals surface area (Å²) < 4.78 is 4.62. The van der Waals surface area contributed by atoms with Crippen molar-refractivity contribution in [1.82, 2.24) is 0 Å². The summed E-state index contributed by atoms with van der Waals surface area (Å²) in [4.78, 5) is 37.5. The van der Waals surface area contributed by atoms with Crippen LogP contribution in [-0.2, 0) is 26.5 Å². The molecule has 0 radical (unpaired) electrons. The molecule has 0 saturated carbocycles. The van der Waals surface area contributed by atoms with Crippen molar-refractivity contribution in [2.24, 2.45) is 0 Å². The van der Waals surface area contributed by atoms with Gasteiger partial charge in [-0.3, -0.25) is 9.59 Å². The average Bonchev–Trinajstić information content (AvgIpc) is 2.89. The number of rotatable bonds is 5. The van der Waals surface area contributed by atoms with Crippen molar-refractivity contribution in [3.05, 3.63) is 77.4 Å². The van der Waals surface area contributed by atoms with E-state index in [4.69, 9.17) is 0 Å². The first-order chi connectivity index (χ1) is 12.4. The van der Waals surface area contributed by atoms with E-state index in [9.17, 15) is 19.5 Å². The van der Waals surface area contributed by atoms with Crippen molar-refractivity contribution >= 4 is 23.9 Å². The van der Waals surface area contributed by atoms with E-state index in [0.29, 0.717) is 12.0 Å². The minimum Gasteiger partial charge on any atom is -0.466 e. The Bertz CT molecular complexity index is 906. The number of amides is 1. The highest BCUT2D eigenvalue weighted by Crippen LogP contribution is 2.45. The Morgan fingerprint density at radius 1 is 1.27 bits per heavy atom. The molecule has 0 bridgehead atoms. The van der Waals surface area contributed by atoms with E-state index in [1.807, 2.05) is 30.3 Å². The van der Waals surface area contributed by atoms with Gasteiger partial charge in [-0.25, -0.2) is 4.79 Å². The predicted octanol–water partition coefficient (Wildman–Crippen LogP) is 1.96. The maximum absolute atomic E-state index is 13.1. The number of ether oxygens (including phenoxy) is 1. The highest BCUT2D eigenvalue weighted by Gasteiger charge is 2.54. The Morgan fingerprint density at radius 3 is 2.58 bits per heavy atom. The van der Waals surface area contributed by atoms with Crippen LogP contribution in [0.2, 0.25) is 0 Å². The fourth-order valence-corrected chi connectivity index (χ4v) is 3.06. The second-order valence-electron chi connectivity index (χ2n) is 5.95. The molecule has 0 spiro atoms. The molecule has 3 rings (SSSR count). The summed E-state index contributed by atoms with van der Waals surface area (Å²) in [6, 6.07) is 13.7. The fraction of sp³-hybridized carbons (Fsp3) is 0.150. The highest BCUT2D eigenvalue weighted by atomic mass is 16.5. The molecule has 2 aromatic carbocycles. The van der Waals surface area contributed by atoms with Crippen LogP contribution >= 0.6 is 0 Å². The lowest BCUT2D eigenvalue weighted by atomic mass is 9.87. The summed E-state index contributed by atoms with van der Waals surface area (Å²) in [5.74, 6) is -1.61. The SMILES string of the molecule is C=C(C(=O)OC)C1(O)C(=O)N(Cc2ccccc2)c2ccc(C=O)cc21. The van der Waals surface area contributed by atoms with Gasteiger partial charge in [-0.15, -0.1) is 0 Å². The number of hydrogen-bond acceptors (Lipinski definition) is 5. The zero-order valence-electron chi connectivity index (χ0n) is 14.1. The molecule has 2 aromatic rings. The number of nitrogens with zero attached hydrogens (tertiary/aromatic N) is 1. The van der Waals surface area contributed by atoms with Crippen molar-refractivity contribution in [2.45, 2.75) is 12.1 Å². The summed E-state index contributed by atoms with van der Waals surface area (Å²) in [6.45, 7) is 3.76. The zero-order chi connectivity index (χ0) is 18.9. The molecule has 1 amide bonds. The molecule has 6 heteroatoms. The Balaban J connectivity index is 2.13. The number of carbonyl (C=O) groups is 3. The molecule has 1 aliphatic rings. The summed E-state index contributed by atoms with van der Waals surface area (Å²) in [6.07, 6.45) is 0.603. The maximum atomic E-state index is 13.1. The first kappa shape index (κ1) is 17.6. The van der Waals surface area contributed by atoms with Gasteiger partial charge in [0.05, 0.1) is 24.9 Å². The molecule has 1 aliphatic heterocycles. The van der Waals surface area contributed by atoms with Crippen LogP contribution in [0, 0.1) is 0 Å². The number of carbonyl (C=O) groups excluding carboxylic acids is 3. The van der Waals surface area contributed by atoms with Gasteiger partial charge in [-0.05, 0) is 23.8 Å². The van der Waals surface area contributed by atoms with Crippen molar-refractivity contribution in [1.29, 1.82) is 0 Å². The molecular formula is C20H17NO5. The van der Waals surface area contributed by atoms with E-state index in [-0.39, 0.29) is 17.7 Å². The lowest BCUT2D eigenvalue weighted by Gasteiger charge is -2.24. The first-order valence-corrected chi connectivity index (χ1v) is 7.89. The van der Waals surface area contributed by atoms with Gasteiger partial charge in [0.25, 0.3) is 5.91 Å². The number of hydrogen-bond donors (Lipinski definition) is 1. The van der Waals surface area contributed by atoms with E-state index in [1.54, 1.807) is 12.1 Å². The second kappa shape index (κ2) is 6.57. The van der Waals surface area contributed by atoms with Crippen LogP contribution in [0.4, 0.5) is 5.69 Å². The standard InChI is InChI=1S/C20H17NO5/c1-13(18(23)26-2)20(25)16-10-15(12-22)8-9-17(16)21(19(20)24)11-14-6-4-3-5-7-14/h3-10,12,25H,1,11H2,2H3. The third-order valence-electron chi connectivity index (χ3n) is 4.44. The van der Waals surface area contributed by atoms with Gasteiger partial charge in [-0.2, -0.15) is 0 Å². The number of benzene rings is 2. The molecule has 1 unspecified atom stereocenters. The Labute approximate surface area is 150 Å². The largest absolute Gasteiger partial charge is 0.466 e. The Morgan fingerprint density at radius 2 is 1.96 bits per heavy atom. The normalized spacial score (nSPS) is 18.4. The van der Waals surface area contributed by atoms with Crippen molar-refractivity contribution in [2.75, 3.05) is 12.0 Å². The van der Waals surface area contributed by atoms with Gasteiger partial charge in [0.1, 0.15) is 6.29 Å². The number of aliphatic hydroxyl groups is 1. The number of esters is 1. The molecule has 132 valence electrons. The molecule has 1 N–H and O–H groups in total. The predicted molar refractivity (Wildman–Crippen MR) is 94.5 cm³/mol. The van der Waals surface area contributed by atoms with E-state index in [2.05, 4.69) is 11.3 Å². The molecule has 0 fully saturated rings. The van der Waals surface area contributed by atoms with Gasteiger partial charge < -0.3 is 14.7 Å². The third kappa shape index (κ3) is 2.60. The van der Waals surface area contributed by atoms with Gasteiger partial charge >= 0.3 is 5.97 Å². The lowest BCUT2D eigenvalue weighted by Crippen LogP contribution is -2.43. The van der Waals surface area contributed by atoms with Gasteiger partial charge in [0.2, 0.25) is 5.60 Å². The summed E-state index contributed by atoms with van der Waals surface area (Å²) in [5.41, 5.74) is -1.01.